The van der Waals surface area contributed by atoms with Gasteiger partial charge < -0.3 is 14.2 Å². The minimum Gasteiger partial charge on any atom is -0.379 e. The van der Waals surface area contributed by atoms with Crippen LogP contribution in [0.1, 0.15) is 25.1 Å². The van der Waals surface area contributed by atoms with Gasteiger partial charge in [-0.15, -0.1) is 10.2 Å². The maximum Gasteiger partial charge on any atom is 0.233 e. The van der Waals surface area contributed by atoms with Crippen LogP contribution in [-0.4, -0.2) is 75.6 Å². The van der Waals surface area contributed by atoms with Gasteiger partial charge in [0.05, 0.1) is 25.5 Å². The van der Waals surface area contributed by atoms with Crippen LogP contribution in [0.25, 0.3) is 0 Å². The molecule has 3 rings (SSSR count). The lowest BCUT2D eigenvalue weighted by Crippen LogP contribution is -2.36. The molecule has 2 saturated heterocycles. The maximum atomic E-state index is 12.2. The maximum absolute atomic E-state index is 12.2. The Morgan fingerprint density at radius 2 is 1.87 bits per heavy atom. The van der Waals surface area contributed by atoms with E-state index in [2.05, 4.69) is 15.1 Å². The zero-order valence-corrected chi connectivity index (χ0v) is 14.6. The van der Waals surface area contributed by atoms with Crippen molar-refractivity contribution >= 4 is 17.7 Å². The molecule has 1 amide bonds. The van der Waals surface area contributed by atoms with E-state index in [-0.39, 0.29) is 5.91 Å². The van der Waals surface area contributed by atoms with Gasteiger partial charge in [-0.1, -0.05) is 11.8 Å². The van der Waals surface area contributed by atoms with E-state index in [0.29, 0.717) is 5.75 Å². The third kappa shape index (κ3) is 4.45. The van der Waals surface area contributed by atoms with Crippen molar-refractivity contribution in [1.82, 2.24) is 24.6 Å². The first kappa shape index (κ1) is 16.7. The van der Waals surface area contributed by atoms with Crippen molar-refractivity contribution in [2.24, 2.45) is 7.05 Å². The molecule has 7 nitrogen and oxygen atoms in total. The Kier molecular flexibility index (Phi) is 5.91. The number of rotatable bonds is 5. The lowest BCUT2D eigenvalue weighted by Gasteiger charge is -2.26. The Bertz CT molecular complexity index is 524. The number of thioether (sulfide) groups is 1. The third-order valence-corrected chi connectivity index (χ3v) is 5.43. The zero-order valence-electron chi connectivity index (χ0n) is 13.7. The summed E-state index contributed by atoms with van der Waals surface area (Å²) >= 11 is 1.49. The normalized spacial score (nSPS) is 20.0. The van der Waals surface area contributed by atoms with Crippen LogP contribution in [0.3, 0.4) is 0 Å². The highest BCUT2D eigenvalue weighted by Gasteiger charge is 2.19. The standard InChI is InChI=1S/C15H25N5O2S/c1-18-13(11-19-7-9-22-10-8-19)16-17-15(18)23-12-14(21)20-5-3-2-4-6-20/h2-12H2,1H3. The van der Waals surface area contributed by atoms with E-state index in [1.165, 1.54) is 18.2 Å². The Hall–Kier alpha value is -1.12. The molecule has 2 aliphatic rings. The Balaban J connectivity index is 1.51. The van der Waals surface area contributed by atoms with Crippen molar-refractivity contribution in [3.05, 3.63) is 5.82 Å². The van der Waals surface area contributed by atoms with E-state index in [9.17, 15) is 4.79 Å². The molecule has 0 saturated carbocycles. The number of likely N-dealkylation sites (tertiary alicyclic amines) is 1. The van der Waals surface area contributed by atoms with E-state index < -0.39 is 0 Å². The predicted molar refractivity (Wildman–Crippen MR) is 88.3 cm³/mol. The van der Waals surface area contributed by atoms with Gasteiger partial charge >= 0.3 is 0 Å². The van der Waals surface area contributed by atoms with Crippen LogP contribution < -0.4 is 0 Å². The summed E-state index contributed by atoms with van der Waals surface area (Å²) < 4.78 is 7.37. The lowest BCUT2D eigenvalue weighted by atomic mass is 10.1. The molecule has 0 aliphatic carbocycles. The molecular weight excluding hydrogens is 314 g/mol. The number of hydrogen-bond donors (Lipinski definition) is 0. The quantitative estimate of drug-likeness (QED) is 0.738. The summed E-state index contributed by atoms with van der Waals surface area (Å²) in [5.74, 6) is 1.61. The van der Waals surface area contributed by atoms with Gasteiger partial charge in [0.2, 0.25) is 5.91 Å². The van der Waals surface area contributed by atoms with Crippen LogP contribution in [-0.2, 0) is 23.1 Å². The molecule has 3 heterocycles. The average Bonchev–Trinajstić information content (AvgIpc) is 2.94. The van der Waals surface area contributed by atoms with Crippen LogP contribution in [0.15, 0.2) is 5.16 Å². The molecule has 128 valence electrons. The van der Waals surface area contributed by atoms with E-state index in [1.54, 1.807) is 0 Å². The molecule has 0 atom stereocenters. The number of hydrogen-bond acceptors (Lipinski definition) is 6. The van der Waals surface area contributed by atoms with Gasteiger partial charge in [-0.25, -0.2) is 0 Å². The van der Waals surface area contributed by atoms with Gasteiger partial charge in [-0.05, 0) is 19.3 Å². The second kappa shape index (κ2) is 8.12. The number of amides is 1. The van der Waals surface area contributed by atoms with Gasteiger partial charge in [0.1, 0.15) is 5.82 Å². The molecule has 23 heavy (non-hydrogen) atoms. The molecule has 1 aromatic rings. The van der Waals surface area contributed by atoms with Crippen molar-refractivity contribution in [2.75, 3.05) is 45.1 Å². The second-order valence-electron chi connectivity index (χ2n) is 6.08. The fourth-order valence-corrected chi connectivity index (χ4v) is 3.76. The van der Waals surface area contributed by atoms with Crippen LogP contribution in [0, 0.1) is 0 Å². The number of nitrogens with zero attached hydrogens (tertiary/aromatic N) is 5. The zero-order chi connectivity index (χ0) is 16.1. The minimum atomic E-state index is 0.215. The molecule has 0 spiro atoms. The van der Waals surface area contributed by atoms with Gasteiger partial charge in [-0.3, -0.25) is 9.69 Å². The summed E-state index contributed by atoms with van der Waals surface area (Å²) in [4.78, 5) is 16.5. The summed E-state index contributed by atoms with van der Waals surface area (Å²) in [5.41, 5.74) is 0. The van der Waals surface area contributed by atoms with Gasteiger partial charge in [0.25, 0.3) is 0 Å². The van der Waals surface area contributed by atoms with Crippen LogP contribution in [0.4, 0.5) is 0 Å². The van der Waals surface area contributed by atoms with Gasteiger partial charge in [-0.2, -0.15) is 0 Å². The predicted octanol–water partition coefficient (Wildman–Crippen LogP) is 0.752. The summed E-state index contributed by atoms with van der Waals surface area (Å²) in [7, 11) is 1.98. The Labute approximate surface area is 141 Å². The van der Waals surface area contributed by atoms with Gasteiger partial charge in [0.15, 0.2) is 5.16 Å². The average molecular weight is 339 g/mol. The minimum absolute atomic E-state index is 0.215. The molecular formula is C15H25N5O2S. The van der Waals surface area contributed by atoms with Crippen molar-refractivity contribution in [2.45, 2.75) is 31.0 Å². The lowest BCUT2D eigenvalue weighted by molar-refractivity contribution is -0.129. The van der Waals surface area contributed by atoms with E-state index in [4.69, 9.17) is 4.74 Å². The van der Waals surface area contributed by atoms with E-state index in [0.717, 1.165) is 69.8 Å². The highest BCUT2D eigenvalue weighted by Crippen LogP contribution is 2.18. The molecule has 0 bridgehead atoms. The number of carbonyl (C=O) groups excluding carboxylic acids is 1. The molecule has 0 unspecified atom stereocenters. The SMILES string of the molecule is Cn1c(CN2CCOCC2)nnc1SCC(=O)N1CCCCC1. The van der Waals surface area contributed by atoms with Crippen molar-refractivity contribution in [3.63, 3.8) is 0 Å². The molecule has 1 aromatic heterocycles. The first-order chi connectivity index (χ1) is 11.2. The molecule has 8 heteroatoms. The van der Waals surface area contributed by atoms with Crippen LogP contribution in [0.5, 0.6) is 0 Å². The summed E-state index contributed by atoms with van der Waals surface area (Å²) in [6, 6.07) is 0. The number of carbonyl (C=O) groups is 1. The first-order valence-electron chi connectivity index (χ1n) is 8.33. The third-order valence-electron chi connectivity index (χ3n) is 4.43. The van der Waals surface area contributed by atoms with Crippen molar-refractivity contribution < 1.29 is 9.53 Å². The molecule has 0 aromatic carbocycles. The monoisotopic (exact) mass is 339 g/mol. The summed E-state index contributed by atoms with van der Waals surface area (Å²) in [6.45, 7) is 6.02. The highest BCUT2D eigenvalue weighted by atomic mass is 32.2. The van der Waals surface area contributed by atoms with E-state index >= 15 is 0 Å². The van der Waals surface area contributed by atoms with Crippen molar-refractivity contribution in [3.8, 4) is 0 Å². The van der Waals surface area contributed by atoms with Crippen LogP contribution >= 0.6 is 11.8 Å². The van der Waals surface area contributed by atoms with Crippen molar-refractivity contribution in [1.29, 1.82) is 0 Å². The second-order valence-corrected chi connectivity index (χ2v) is 7.02. The number of aromatic nitrogens is 3. The Morgan fingerprint density at radius 1 is 1.13 bits per heavy atom. The number of ether oxygens (including phenoxy) is 1. The fourth-order valence-electron chi connectivity index (χ4n) is 2.93. The summed E-state index contributed by atoms with van der Waals surface area (Å²) in [6.07, 6.45) is 3.50. The summed E-state index contributed by atoms with van der Waals surface area (Å²) in [5, 5.41) is 9.35. The molecule has 2 aliphatic heterocycles. The molecule has 0 N–H and O–H groups in total. The topological polar surface area (TPSA) is 63.5 Å². The number of piperidine rings is 1. The first-order valence-corrected chi connectivity index (χ1v) is 9.31. The smallest absolute Gasteiger partial charge is 0.233 e. The number of morpholine rings is 1. The molecule has 0 radical (unpaired) electrons. The highest BCUT2D eigenvalue weighted by molar-refractivity contribution is 7.99. The fraction of sp³-hybridized carbons (Fsp3) is 0.800. The largest absolute Gasteiger partial charge is 0.379 e. The molecule has 2 fully saturated rings. The van der Waals surface area contributed by atoms with E-state index in [1.807, 2.05) is 16.5 Å². The van der Waals surface area contributed by atoms with Gasteiger partial charge in [0, 0.05) is 33.2 Å². The van der Waals surface area contributed by atoms with Crippen LogP contribution in [0.2, 0.25) is 0 Å². The Morgan fingerprint density at radius 3 is 2.61 bits per heavy atom.